The number of para-hydroxylation sites is 1. The highest BCUT2D eigenvalue weighted by molar-refractivity contribution is 7.14. The molecule has 1 aromatic heterocycles. The molecule has 0 saturated heterocycles. The number of phenolic OH excluding ortho intramolecular Hbond substituents is 1. The Kier molecular flexibility index (Phi) is 4.18. The third kappa shape index (κ3) is 3.33. The predicted octanol–water partition coefficient (Wildman–Crippen LogP) is 3.41. The van der Waals surface area contributed by atoms with Crippen LogP contribution in [0.15, 0.2) is 23.6 Å². The number of carbonyl (C=O) groups excluding carboxylic acids is 1. The quantitative estimate of drug-likeness (QED) is 0.911. The molecule has 21 heavy (non-hydrogen) atoms. The first-order chi connectivity index (χ1) is 9.82. The molecule has 1 amide bonds. The Balaban J connectivity index is 2.21. The molecule has 0 unspecified atom stereocenters. The molecule has 1 heterocycles. The molecule has 6 heteroatoms. The first-order valence-corrected chi connectivity index (χ1v) is 7.34. The molecule has 0 radical (unpaired) electrons. The largest absolute Gasteiger partial charge is 0.504 e. The summed E-state index contributed by atoms with van der Waals surface area (Å²) < 4.78 is 4.99. The van der Waals surface area contributed by atoms with Crippen molar-refractivity contribution in [3.8, 4) is 11.5 Å². The van der Waals surface area contributed by atoms with E-state index in [0.29, 0.717) is 5.13 Å². The number of aromatic hydroxyl groups is 1. The van der Waals surface area contributed by atoms with Gasteiger partial charge < -0.3 is 9.84 Å². The number of benzene rings is 1. The molecule has 1 aromatic carbocycles. The van der Waals surface area contributed by atoms with E-state index in [-0.39, 0.29) is 22.5 Å². The summed E-state index contributed by atoms with van der Waals surface area (Å²) in [5.74, 6) is -0.330. The number of phenols is 1. The first kappa shape index (κ1) is 15.3. The highest BCUT2D eigenvalue weighted by Gasteiger charge is 2.20. The minimum atomic E-state index is -0.416. The first-order valence-electron chi connectivity index (χ1n) is 6.46. The van der Waals surface area contributed by atoms with Gasteiger partial charge in [-0.25, -0.2) is 4.98 Å². The fourth-order valence-corrected chi connectivity index (χ4v) is 2.64. The van der Waals surface area contributed by atoms with E-state index >= 15 is 0 Å². The van der Waals surface area contributed by atoms with Crippen LogP contribution < -0.4 is 10.1 Å². The normalized spacial score (nSPS) is 11.2. The number of anilines is 1. The number of ether oxygens (including phenoxy) is 1. The fraction of sp³-hybridized carbons (Fsp3) is 0.333. The van der Waals surface area contributed by atoms with Gasteiger partial charge in [0.25, 0.3) is 5.91 Å². The molecular formula is C15H18N2O3S. The molecule has 0 spiro atoms. The van der Waals surface area contributed by atoms with Gasteiger partial charge >= 0.3 is 0 Å². The molecule has 0 fully saturated rings. The van der Waals surface area contributed by atoms with Crippen molar-refractivity contribution in [2.75, 3.05) is 12.4 Å². The molecule has 112 valence electrons. The topological polar surface area (TPSA) is 71.5 Å². The molecule has 0 aliphatic rings. The molecule has 2 N–H and O–H groups in total. The van der Waals surface area contributed by atoms with Gasteiger partial charge in [-0.1, -0.05) is 26.8 Å². The lowest BCUT2D eigenvalue weighted by molar-refractivity contribution is 0.102. The lowest BCUT2D eigenvalue weighted by Gasteiger charge is -2.14. The van der Waals surface area contributed by atoms with Gasteiger partial charge in [-0.3, -0.25) is 10.1 Å². The van der Waals surface area contributed by atoms with Gasteiger partial charge in [-0.2, -0.15) is 0 Å². The summed E-state index contributed by atoms with van der Waals surface area (Å²) in [4.78, 5) is 16.6. The maximum Gasteiger partial charge on any atom is 0.261 e. The third-order valence-corrected chi connectivity index (χ3v) is 3.71. The van der Waals surface area contributed by atoms with Crippen molar-refractivity contribution in [1.29, 1.82) is 0 Å². The van der Waals surface area contributed by atoms with Crippen LogP contribution in [0.5, 0.6) is 11.5 Å². The van der Waals surface area contributed by atoms with Crippen LogP contribution in [0.3, 0.4) is 0 Å². The second-order valence-corrected chi connectivity index (χ2v) is 6.46. The van der Waals surface area contributed by atoms with Crippen molar-refractivity contribution in [2.24, 2.45) is 0 Å². The molecule has 0 bridgehead atoms. The Morgan fingerprint density at radius 1 is 1.38 bits per heavy atom. The van der Waals surface area contributed by atoms with Crippen molar-refractivity contribution in [3.63, 3.8) is 0 Å². The number of nitrogens with zero attached hydrogens (tertiary/aromatic N) is 1. The van der Waals surface area contributed by atoms with Crippen molar-refractivity contribution in [3.05, 3.63) is 34.8 Å². The standard InChI is InChI=1S/C15H18N2O3S/c1-15(2,3)11-8-21-14(16-11)17-13(19)9-6-5-7-10(20-4)12(9)18/h5-8,18H,1-4H3,(H,16,17,19). The minimum absolute atomic E-state index is 0.0718. The second kappa shape index (κ2) is 5.73. The number of methoxy groups -OCH3 is 1. The van der Waals surface area contributed by atoms with E-state index < -0.39 is 5.91 Å². The van der Waals surface area contributed by atoms with Crippen LogP contribution in [0.4, 0.5) is 5.13 Å². The third-order valence-electron chi connectivity index (χ3n) is 2.96. The number of hydrogen-bond donors (Lipinski definition) is 2. The Bertz CT molecular complexity index is 659. The summed E-state index contributed by atoms with van der Waals surface area (Å²) in [6, 6.07) is 4.77. The number of carbonyl (C=O) groups is 1. The van der Waals surface area contributed by atoms with Crippen LogP contribution in [-0.2, 0) is 5.41 Å². The van der Waals surface area contributed by atoms with E-state index in [4.69, 9.17) is 4.74 Å². The number of amides is 1. The molecule has 0 aliphatic heterocycles. The van der Waals surface area contributed by atoms with Gasteiger partial charge in [0.1, 0.15) is 0 Å². The molecule has 2 aromatic rings. The zero-order valence-electron chi connectivity index (χ0n) is 12.4. The minimum Gasteiger partial charge on any atom is -0.504 e. The monoisotopic (exact) mass is 306 g/mol. The number of nitrogens with one attached hydrogen (secondary N) is 1. The summed E-state index contributed by atoms with van der Waals surface area (Å²) in [7, 11) is 1.44. The maximum absolute atomic E-state index is 12.2. The van der Waals surface area contributed by atoms with Gasteiger partial charge in [0, 0.05) is 10.8 Å². The molecule has 0 atom stereocenters. The molecule has 0 saturated carbocycles. The summed E-state index contributed by atoms with van der Waals surface area (Å²) in [6.07, 6.45) is 0. The van der Waals surface area contributed by atoms with Gasteiger partial charge in [0.05, 0.1) is 18.4 Å². The maximum atomic E-state index is 12.2. The average Bonchev–Trinajstić information content (AvgIpc) is 2.87. The highest BCUT2D eigenvalue weighted by atomic mass is 32.1. The SMILES string of the molecule is COc1cccc(C(=O)Nc2nc(C(C)(C)C)cs2)c1O. The summed E-state index contributed by atoms with van der Waals surface area (Å²) in [6.45, 7) is 6.17. The number of rotatable bonds is 3. The molecule has 5 nitrogen and oxygen atoms in total. The molecule has 2 rings (SSSR count). The number of thiazole rings is 1. The lowest BCUT2D eigenvalue weighted by Crippen LogP contribution is -2.14. The van der Waals surface area contributed by atoms with Crippen LogP contribution >= 0.6 is 11.3 Å². The highest BCUT2D eigenvalue weighted by Crippen LogP contribution is 2.31. The van der Waals surface area contributed by atoms with E-state index in [2.05, 4.69) is 31.1 Å². The van der Waals surface area contributed by atoms with Crippen LogP contribution in [0.1, 0.15) is 36.8 Å². The van der Waals surface area contributed by atoms with E-state index in [1.807, 2.05) is 5.38 Å². The zero-order chi connectivity index (χ0) is 15.6. The molecular weight excluding hydrogens is 288 g/mol. The van der Waals surface area contributed by atoms with Crippen molar-refractivity contribution < 1.29 is 14.6 Å². The number of aromatic nitrogens is 1. The van der Waals surface area contributed by atoms with Gasteiger partial charge in [0.2, 0.25) is 0 Å². The van der Waals surface area contributed by atoms with E-state index in [1.54, 1.807) is 12.1 Å². The fourth-order valence-electron chi connectivity index (χ4n) is 1.71. The van der Waals surface area contributed by atoms with E-state index in [0.717, 1.165) is 5.69 Å². The average molecular weight is 306 g/mol. The molecule has 0 aliphatic carbocycles. The predicted molar refractivity (Wildman–Crippen MR) is 83.4 cm³/mol. The van der Waals surface area contributed by atoms with E-state index in [1.165, 1.54) is 24.5 Å². The Morgan fingerprint density at radius 2 is 2.10 bits per heavy atom. The van der Waals surface area contributed by atoms with Gasteiger partial charge in [-0.05, 0) is 12.1 Å². The lowest BCUT2D eigenvalue weighted by atomic mass is 9.93. The Hall–Kier alpha value is -2.08. The second-order valence-electron chi connectivity index (χ2n) is 5.60. The van der Waals surface area contributed by atoms with E-state index in [9.17, 15) is 9.90 Å². The Labute approximate surface area is 127 Å². The van der Waals surface area contributed by atoms with Crippen LogP contribution in [0.25, 0.3) is 0 Å². The van der Waals surface area contributed by atoms with Crippen LogP contribution in [-0.4, -0.2) is 23.1 Å². The van der Waals surface area contributed by atoms with Crippen LogP contribution in [0.2, 0.25) is 0 Å². The Morgan fingerprint density at radius 3 is 2.67 bits per heavy atom. The smallest absolute Gasteiger partial charge is 0.261 e. The van der Waals surface area contributed by atoms with Crippen molar-refractivity contribution >= 4 is 22.4 Å². The van der Waals surface area contributed by atoms with Gasteiger partial charge in [-0.15, -0.1) is 11.3 Å². The summed E-state index contributed by atoms with van der Waals surface area (Å²) >= 11 is 1.36. The summed E-state index contributed by atoms with van der Waals surface area (Å²) in [5, 5.41) is 15.1. The summed E-state index contributed by atoms with van der Waals surface area (Å²) in [5.41, 5.74) is 0.997. The van der Waals surface area contributed by atoms with Crippen molar-refractivity contribution in [2.45, 2.75) is 26.2 Å². The van der Waals surface area contributed by atoms with Gasteiger partial charge in [0.15, 0.2) is 16.6 Å². The number of hydrogen-bond acceptors (Lipinski definition) is 5. The zero-order valence-corrected chi connectivity index (χ0v) is 13.2. The van der Waals surface area contributed by atoms with Crippen LogP contribution in [0, 0.1) is 0 Å². The van der Waals surface area contributed by atoms with Crippen molar-refractivity contribution in [1.82, 2.24) is 4.98 Å².